The van der Waals surface area contributed by atoms with Gasteiger partial charge in [0.25, 0.3) is 0 Å². The summed E-state index contributed by atoms with van der Waals surface area (Å²) in [7, 11) is 0. The number of aryl methyl sites for hydroxylation is 1. The predicted molar refractivity (Wildman–Crippen MR) is 74.8 cm³/mol. The van der Waals surface area contributed by atoms with Gasteiger partial charge in [0.1, 0.15) is 0 Å². The van der Waals surface area contributed by atoms with Gasteiger partial charge >= 0.3 is 0 Å². The van der Waals surface area contributed by atoms with Crippen LogP contribution in [0.15, 0.2) is 39.3 Å². The van der Waals surface area contributed by atoms with Crippen molar-refractivity contribution >= 4 is 31.9 Å². The van der Waals surface area contributed by atoms with E-state index in [0.717, 1.165) is 6.42 Å². The van der Waals surface area contributed by atoms with Gasteiger partial charge in [-0.2, -0.15) is 0 Å². The fourth-order valence-electron chi connectivity index (χ4n) is 2.35. The summed E-state index contributed by atoms with van der Waals surface area (Å²) in [4.78, 5) is 0. The Morgan fingerprint density at radius 3 is 2.69 bits per heavy atom. The molecule has 0 aliphatic heterocycles. The summed E-state index contributed by atoms with van der Waals surface area (Å²) in [6.07, 6.45) is 1.03. The summed E-state index contributed by atoms with van der Waals surface area (Å²) in [5.41, 5.74) is 6.83. The van der Waals surface area contributed by atoms with Crippen molar-refractivity contribution in [3.63, 3.8) is 0 Å². The maximum Gasteiger partial charge on any atom is 0.0286 e. The summed E-state index contributed by atoms with van der Waals surface area (Å²) in [6, 6.07) is 10.8. The Morgan fingerprint density at radius 2 is 1.88 bits per heavy atom. The normalized spacial score (nSPS) is 12.4. The van der Waals surface area contributed by atoms with Gasteiger partial charge in [-0.05, 0) is 57.6 Å². The second kappa shape index (κ2) is 3.71. The largest absolute Gasteiger partial charge is 0.0619 e. The van der Waals surface area contributed by atoms with Gasteiger partial charge in [0.2, 0.25) is 0 Å². The van der Waals surface area contributed by atoms with Crippen molar-refractivity contribution in [1.29, 1.82) is 0 Å². The van der Waals surface area contributed by atoms with Gasteiger partial charge in [0, 0.05) is 14.5 Å². The molecule has 0 unspecified atom stereocenters. The number of rotatable bonds is 0. The Kier molecular flexibility index (Phi) is 2.45. The highest BCUT2D eigenvalue weighted by Gasteiger charge is 2.23. The summed E-state index contributed by atoms with van der Waals surface area (Å²) >= 11 is 7.38. The molecule has 16 heavy (non-hydrogen) atoms. The third kappa shape index (κ3) is 1.40. The summed E-state index contributed by atoms with van der Waals surface area (Å²) in [5, 5.41) is 0. The van der Waals surface area contributed by atoms with Crippen LogP contribution in [0.1, 0.15) is 16.7 Å². The number of benzene rings is 2. The molecular weight excluding hydrogens is 328 g/mol. The molecule has 0 amide bonds. The minimum Gasteiger partial charge on any atom is -0.0619 e. The molecule has 0 radical (unpaired) electrons. The van der Waals surface area contributed by atoms with E-state index in [0.29, 0.717) is 0 Å². The van der Waals surface area contributed by atoms with Crippen LogP contribution in [0.25, 0.3) is 11.1 Å². The van der Waals surface area contributed by atoms with E-state index in [1.165, 1.54) is 36.8 Å². The zero-order valence-electron chi connectivity index (χ0n) is 8.85. The van der Waals surface area contributed by atoms with Crippen molar-refractivity contribution in [1.82, 2.24) is 0 Å². The van der Waals surface area contributed by atoms with Crippen molar-refractivity contribution in [2.24, 2.45) is 0 Å². The van der Waals surface area contributed by atoms with E-state index >= 15 is 0 Å². The minimum atomic E-state index is 1.03. The van der Waals surface area contributed by atoms with E-state index < -0.39 is 0 Å². The first-order chi connectivity index (χ1) is 7.68. The maximum absolute atomic E-state index is 3.71. The monoisotopic (exact) mass is 336 g/mol. The van der Waals surface area contributed by atoms with Crippen molar-refractivity contribution in [2.75, 3.05) is 0 Å². The Labute approximate surface area is 112 Å². The molecule has 0 bridgehead atoms. The van der Waals surface area contributed by atoms with Crippen LogP contribution in [-0.2, 0) is 6.42 Å². The first kappa shape index (κ1) is 10.5. The van der Waals surface area contributed by atoms with Crippen LogP contribution in [0.2, 0.25) is 0 Å². The highest BCUT2D eigenvalue weighted by atomic mass is 79.9. The van der Waals surface area contributed by atoms with E-state index in [4.69, 9.17) is 0 Å². The van der Waals surface area contributed by atoms with Crippen LogP contribution in [0.4, 0.5) is 0 Å². The molecule has 0 N–H and O–H groups in total. The van der Waals surface area contributed by atoms with Gasteiger partial charge in [-0.25, -0.2) is 0 Å². The zero-order chi connectivity index (χ0) is 11.3. The zero-order valence-corrected chi connectivity index (χ0v) is 12.0. The second-order valence-corrected chi connectivity index (χ2v) is 5.82. The first-order valence-electron chi connectivity index (χ1n) is 5.24. The van der Waals surface area contributed by atoms with E-state index in [1.807, 2.05) is 0 Å². The van der Waals surface area contributed by atoms with Crippen LogP contribution in [-0.4, -0.2) is 0 Å². The molecule has 0 saturated heterocycles. The summed E-state index contributed by atoms with van der Waals surface area (Å²) < 4.78 is 2.45. The van der Waals surface area contributed by atoms with Crippen molar-refractivity contribution in [3.05, 3.63) is 56.0 Å². The van der Waals surface area contributed by atoms with Crippen LogP contribution in [0.3, 0.4) is 0 Å². The lowest BCUT2D eigenvalue weighted by atomic mass is 10.0. The smallest absolute Gasteiger partial charge is 0.0286 e. The quantitative estimate of drug-likeness (QED) is 0.536. The predicted octanol–water partition coefficient (Wildman–Crippen LogP) is 5.09. The third-order valence-corrected chi connectivity index (χ3v) is 4.88. The SMILES string of the molecule is Cc1cc(Br)c2c(c1Br)-c1ccccc1C2. The van der Waals surface area contributed by atoms with E-state index in [1.54, 1.807) is 0 Å². The molecule has 0 atom stereocenters. The Morgan fingerprint density at radius 1 is 1.12 bits per heavy atom. The molecule has 0 fully saturated rings. The molecule has 0 spiro atoms. The van der Waals surface area contributed by atoms with E-state index in [9.17, 15) is 0 Å². The standard InChI is InChI=1S/C14H10Br2/c1-8-6-12(15)11-7-9-4-2-3-5-10(9)13(11)14(8)16/h2-6H,7H2,1H3. The molecule has 80 valence electrons. The van der Waals surface area contributed by atoms with Gasteiger partial charge in [0.05, 0.1) is 0 Å². The van der Waals surface area contributed by atoms with Gasteiger partial charge in [-0.15, -0.1) is 0 Å². The fourth-order valence-corrected chi connectivity index (χ4v) is 3.60. The van der Waals surface area contributed by atoms with E-state index in [-0.39, 0.29) is 0 Å². The molecule has 1 aliphatic rings. The van der Waals surface area contributed by atoms with Crippen LogP contribution in [0, 0.1) is 6.92 Å². The molecular formula is C14H10Br2. The van der Waals surface area contributed by atoms with Gasteiger partial charge < -0.3 is 0 Å². The molecule has 2 aromatic carbocycles. The van der Waals surface area contributed by atoms with Crippen LogP contribution >= 0.6 is 31.9 Å². The average Bonchev–Trinajstić information content (AvgIpc) is 2.66. The molecule has 2 aromatic rings. The molecule has 0 saturated carbocycles. The Bertz CT molecular complexity index is 586. The average molecular weight is 338 g/mol. The molecule has 1 aliphatic carbocycles. The van der Waals surface area contributed by atoms with Crippen LogP contribution in [0.5, 0.6) is 0 Å². The summed E-state index contributed by atoms with van der Waals surface area (Å²) in [5.74, 6) is 0. The highest BCUT2D eigenvalue weighted by Crippen LogP contribution is 2.45. The summed E-state index contributed by atoms with van der Waals surface area (Å²) in [6.45, 7) is 2.13. The van der Waals surface area contributed by atoms with Gasteiger partial charge in [-0.3, -0.25) is 0 Å². The molecule has 2 heteroatoms. The topological polar surface area (TPSA) is 0 Å². The van der Waals surface area contributed by atoms with Gasteiger partial charge in [-0.1, -0.05) is 40.2 Å². The van der Waals surface area contributed by atoms with Gasteiger partial charge in [0.15, 0.2) is 0 Å². The fraction of sp³-hybridized carbons (Fsp3) is 0.143. The Balaban J connectivity index is 2.39. The van der Waals surface area contributed by atoms with Crippen molar-refractivity contribution < 1.29 is 0 Å². The molecule has 0 nitrogen and oxygen atoms in total. The molecule has 0 aromatic heterocycles. The highest BCUT2D eigenvalue weighted by molar-refractivity contribution is 9.11. The lowest BCUT2D eigenvalue weighted by Crippen LogP contribution is -1.87. The second-order valence-electron chi connectivity index (χ2n) is 4.18. The Hall–Kier alpha value is -0.600. The van der Waals surface area contributed by atoms with Crippen LogP contribution < -0.4 is 0 Å². The lowest BCUT2D eigenvalue weighted by Gasteiger charge is -2.09. The molecule has 0 heterocycles. The van der Waals surface area contributed by atoms with E-state index in [2.05, 4.69) is 69.1 Å². The number of halogens is 2. The van der Waals surface area contributed by atoms with Crippen molar-refractivity contribution in [2.45, 2.75) is 13.3 Å². The minimum absolute atomic E-state index is 1.03. The number of hydrogen-bond acceptors (Lipinski definition) is 0. The lowest BCUT2D eigenvalue weighted by molar-refractivity contribution is 1.23. The number of hydrogen-bond donors (Lipinski definition) is 0. The first-order valence-corrected chi connectivity index (χ1v) is 6.83. The van der Waals surface area contributed by atoms with Crippen molar-refractivity contribution in [3.8, 4) is 11.1 Å². The number of fused-ring (bicyclic) bond motifs is 3. The third-order valence-electron chi connectivity index (χ3n) is 3.15. The molecule has 3 rings (SSSR count). The maximum atomic E-state index is 3.71.